The zero-order chi connectivity index (χ0) is 7.65. The van der Waals surface area contributed by atoms with E-state index in [0.717, 1.165) is 0 Å². The van der Waals surface area contributed by atoms with Gasteiger partial charge in [0, 0.05) is 5.41 Å². The number of carbonyl (C=O) groups is 1. The van der Waals surface area contributed by atoms with E-state index in [0.29, 0.717) is 5.92 Å². The molecule has 0 aliphatic heterocycles. The lowest BCUT2D eigenvalue weighted by Gasteiger charge is -2.24. The molecule has 0 aromatic rings. The second kappa shape index (κ2) is 2.38. The molecule has 0 aromatic heterocycles. The second-order valence-electron chi connectivity index (χ2n) is 3.24. The van der Waals surface area contributed by atoms with Crippen LogP contribution in [0.5, 0.6) is 0 Å². The summed E-state index contributed by atoms with van der Waals surface area (Å²) in [4.78, 5) is 10.7. The lowest BCUT2D eigenvalue weighted by atomic mass is 9.81. The highest BCUT2D eigenvalue weighted by molar-refractivity contribution is 5.80. The van der Waals surface area contributed by atoms with E-state index >= 15 is 0 Å². The van der Waals surface area contributed by atoms with Gasteiger partial charge in [-0.05, 0) is 5.92 Å². The topological polar surface area (TPSA) is 43.1 Å². The van der Waals surface area contributed by atoms with Crippen molar-refractivity contribution in [3.8, 4) is 0 Å². The Bertz CT molecular complexity index is 116. The van der Waals surface area contributed by atoms with Gasteiger partial charge in [-0.2, -0.15) is 0 Å². The fourth-order valence-corrected chi connectivity index (χ4v) is 0.285. The average molecular weight is 129 g/mol. The van der Waals surface area contributed by atoms with Crippen LogP contribution in [0.4, 0.5) is 0 Å². The summed E-state index contributed by atoms with van der Waals surface area (Å²) in [6, 6.07) is 0. The van der Waals surface area contributed by atoms with Gasteiger partial charge in [0.15, 0.2) is 0 Å². The molecule has 1 amide bonds. The Hall–Kier alpha value is -0.530. The van der Waals surface area contributed by atoms with E-state index in [1.54, 1.807) is 0 Å². The van der Waals surface area contributed by atoms with Gasteiger partial charge in [-0.25, -0.2) is 0 Å². The molecule has 0 atom stereocenters. The van der Waals surface area contributed by atoms with E-state index in [2.05, 4.69) is 0 Å². The van der Waals surface area contributed by atoms with Gasteiger partial charge in [-0.1, -0.05) is 27.7 Å². The lowest BCUT2D eigenvalue weighted by molar-refractivity contribution is -0.128. The third-order valence-corrected chi connectivity index (χ3v) is 2.08. The minimum atomic E-state index is -0.361. The Morgan fingerprint density at radius 2 is 1.78 bits per heavy atom. The van der Waals surface area contributed by atoms with Crippen LogP contribution >= 0.6 is 0 Å². The fourth-order valence-electron chi connectivity index (χ4n) is 0.285. The second-order valence-corrected chi connectivity index (χ2v) is 3.24. The number of primary amides is 1. The van der Waals surface area contributed by atoms with E-state index in [1.807, 2.05) is 27.7 Å². The van der Waals surface area contributed by atoms with Crippen molar-refractivity contribution in [2.24, 2.45) is 17.1 Å². The summed E-state index contributed by atoms with van der Waals surface area (Å²) in [6.07, 6.45) is 0. The summed E-state index contributed by atoms with van der Waals surface area (Å²) >= 11 is 0. The molecule has 0 radical (unpaired) electrons. The molecule has 0 saturated heterocycles. The van der Waals surface area contributed by atoms with Crippen LogP contribution in [-0.2, 0) is 4.79 Å². The molecule has 0 aliphatic rings. The van der Waals surface area contributed by atoms with Gasteiger partial charge in [0.05, 0.1) is 0 Å². The molecule has 2 N–H and O–H groups in total. The molecule has 0 spiro atoms. The monoisotopic (exact) mass is 129 g/mol. The maximum Gasteiger partial charge on any atom is 0.223 e. The number of amides is 1. The van der Waals surface area contributed by atoms with Crippen LogP contribution in [-0.4, -0.2) is 5.91 Å². The highest BCUT2D eigenvalue weighted by Crippen LogP contribution is 2.24. The fraction of sp³-hybridized carbons (Fsp3) is 0.857. The third kappa shape index (κ3) is 1.70. The average Bonchev–Trinajstić information content (AvgIpc) is 1.65. The maximum atomic E-state index is 10.7. The molecule has 2 nitrogen and oxygen atoms in total. The molecule has 54 valence electrons. The highest BCUT2D eigenvalue weighted by atomic mass is 16.1. The largest absolute Gasteiger partial charge is 0.369 e. The first-order valence-corrected chi connectivity index (χ1v) is 3.19. The van der Waals surface area contributed by atoms with Crippen molar-refractivity contribution in [2.45, 2.75) is 27.7 Å². The molecule has 9 heavy (non-hydrogen) atoms. The van der Waals surface area contributed by atoms with Crippen molar-refractivity contribution >= 4 is 5.91 Å². The molecular weight excluding hydrogens is 114 g/mol. The van der Waals surface area contributed by atoms with Crippen LogP contribution in [0.1, 0.15) is 27.7 Å². The summed E-state index contributed by atoms with van der Waals surface area (Å²) < 4.78 is 0. The Morgan fingerprint density at radius 3 is 1.78 bits per heavy atom. The highest BCUT2D eigenvalue weighted by Gasteiger charge is 2.28. The van der Waals surface area contributed by atoms with Crippen molar-refractivity contribution in [3.05, 3.63) is 0 Å². The summed E-state index contributed by atoms with van der Waals surface area (Å²) in [5.41, 5.74) is 4.77. The van der Waals surface area contributed by atoms with E-state index in [4.69, 9.17) is 5.73 Å². The van der Waals surface area contributed by atoms with E-state index < -0.39 is 0 Å². The number of hydrogen-bond acceptors (Lipinski definition) is 1. The number of nitrogens with two attached hydrogens (primary N) is 1. The van der Waals surface area contributed by atoms with Crippen LogP contribution in [0.3, 0.4) is 0 Å². The van der Waals surface area contributed by atoms with E-state index in [9.17, 15) is 4.79 Å². The lowest BCUT2D eigenvalue weighted by Crippen LogP contribution is -2.35. The molecule has 0 aromatic carbocycles. The van der Waals surface area contributed by atoms with E-state index in [1.165, 1.54) is 0 Å². The number of hydrogen-bond donors (Lipinski definition) is 1. The van der Waals surface area contributed by atoms with Crippen molar-refractivity contribution in [2.75, 3.05) is 0 Å². The number of rotatable bonds is 2. The van der Waals surface area contributed by atoms with Crippen LogP contribution < -0.4 is 5.73 Å². The minimum absolute atomic E-state index is 0.225. The van der Waals surface area contributed by atoms with Gasteiger partial charge >= 0.3 is 0 Å². The standard InChI is InChI=1S/C7H15NO/c1-5(2)7(3,4)6(8)9/h5H,1-4H3,(H2,8,9). The Kier molecular flexibility index (Phi) is 2.24. The zero-order valence-electron chi connectivity index (χ0n) is 6.56. The molecule has 0 aliphatic carbocycles. The Labute approximate surface area is 56.4 Å². The first kappa shape index (κ1) is 8.47. The normalized spacial score (nSPS) is 12.1. The number of carbonyl (C=O) groups excluding carboxylic acids is 1. The maximum absolute atomic E-state index is 10.7. The molecule has 2 heteroatoms. The van der Waals surface area contributed by atoms with Crippen molar-refractivity contribution in [3.63, 3.8) is 0 Å². The van der Waals surface area contributed by atoms with Gasteiger partial charge in [-0.3, -0.25) is 4.79 Å². The Balaban J connectivity index is 4.19. The summed E-state index contributed by atoms with van der Waals surface area (Å²) in [5, 5.41) is 0. The SMILES string of the molecule is CC(C)C(C)(C)C(N)=O. The van der Waals surface area contributed by atoms with Crippen LogP contribution in [0.2, 0.25) is 0 Å². The summed E-state index contributed by atoms with van der Waals surface area (Å²) in [7, 11) is 0. The molecule has 0 heterocycles. The van der Waals surface area contributed by atoms with Crippen LogP contribution in [0, 0.1) is 11.3 Å². The Morgan fingerprint density at radius 1 is 1.44 bits per heavy atom. The third-order valence-electron chi connectivity index (χ3n) is 2.08. The first-order valence-electron chi connectivity index (χ1n) is 3.19. The molecular formula is C7H15NO. The zero-order valence-corrected chi connectivity index (χ0v) is 6.56. The van der Waals surface area contributed by atoms with Gasteiger partial charge in [0.25, 0.3) is 0 Å². The molecule has 0 saturated carbocycles. The van der Waals surface area contributed by atoms with Crippen molar-refractivity contribution in [1.82, 2.24) is 0 Å². The van der Waals surface area contributed by atoms with E-state index in [-0.39, 0.29) is 11.3 Å². The molecule has 0 rings (SSSR count). The molecule has 0 bridgehead atoms. The first-order chi connectivity index (χ1) is 3.89. The van der Waals surface area contributed by atoms with Gasteiger partial charge in [0.2, 0.25) is 5.91 Å². The quantitative estimate of drug-likeness (QED) is 0.597. The smallest absolute Gasteiger partial charge is 0.223 e. The summed E-state index contributed by atoms with van der Waals surface area (Å²) in [5.74, 6) is 0.0903. The van der Waals surface area contributed by atoms with Gasteiger partial charge in [-0.15, -0.1) is 0 Å². The van der Waals surface area contributed by atoms with Crippen LogP contribution in [0.15, 0.2) is 0 Å². The summed E-state index contributed by atoms with van der Waals surface area (Å²) in [6.45, 7) is 7.70. The van der Waals surface area contributed by atoms with Gasteiger partial charge < -0.3 is 5.73 Å². The predicted molar refractivity (Wildman–Crippen MR) is 37.8 cm³/mol. The minimum Gasteiger partial charge on any atom is -0.369 e. The molecule has 0 fully saturated rings. The van der Waals surface area contributed by atoms with Crippen molar-refractivity contribution in [1.29, 1.82) is 0 Å². The van der Waals surface area contributed by atoms with Crippen LogP contribution in [0.25, 0.3) is 0 Å². The predicted octanol–water partition coefficient (Wildman–Crippen LogP) is 1.15. The van der Waals surface area contributed by atoms with Gasteiger partial charge in [0.1, 0.15) is 0 Å². The van der Waals surface area contributed by atoms with Crippen molar-refractivity contribution < 1.29 is 4.79 Å². The molecule has 0 unspecified atom stereocenters.